The molecule has 0 radical (unpaired) electrons. The van der Waals surface area contributed by atoms with E-state index < -0.39 is 0 Å². The highest BCUT2D eigenvalue weighted by molar-refractivity contribution is 5.87. The van der Waals surface area contributed by atoms with E-state index in [-0.39, 0.29) is 18.5 Å². The molecular weight excluding hydrogens is 576 g/mol. The highest BCUT2D eigenvalue weighted by Crippen LogP contribution is 2.45. The maximum absolute atomic E-state index is 11.9. The Hall–Kier alpha value is -2.60. The van der Waals surface area contributed by atoms with E-state index in [1.165, 1.54) is 82.6 Å². The Morgan fingerprint density at radius 1 is 0.739 bits per heavy atom. The fraction of sp³-hybridized carbons (Fsp3) is 0.700. The van der Waals surface area contributed by atoms with Crippen molar-refractivity contribution < 1.29 is 28.9 Å². The number of aliphatic hydroxyl groups excluding tert-OH is 1. The largest absolute Gasteiger partial charge is 0.493 e. The van der Waals surface area contributed by atoms with Crippen LogP contribution in [0.5, 0.6) is 5.75 Å². The zero-order valence-corrected chi connectivity index (χ0v) is 29.2. The summed E-state index contributed by atoms with van der Waals surface area (Å²) in [6, 6.07) is 4.65. The number of hydrogen-bond acceptors (Lipinski definition) is 6. The average Bonchev–Trinajstić information content (AvgIpc) is 3.06. The van der Waals surface area contributed by atoms with Crippen LogP contribution in [0.2, 0.25) is 0 Å². The third kappa shape index (κ3) is 12.5. The lowest BCUT2D eigenvalue weighted by Crippen LogP contribution is -2.25. The van der Waals surface area contributed by atoms with E-state index >= 15 is 0 Å². The van der Waals surface area contributed by atoms with Crippen molar-refractivity contribution in [2.45, 2.75) is 136 Å². The van der Waals surface area contributed by atoms with E-state index in [0.29, 0.717) is 56.1 Å². The van der Waals surface area contributed by atoms with Crippen LogP contribution in [0.1, 0.15) is 140 Å². The number of benzene rings is 1. The molecule has 0 saturated heterocycles. The minimum atomic E-state index is -0.361. The summed E-state index contributed by atoms with van der Waals surface area (Å²) in [6.45, 7) is 14.1. The molecule has 0 unspecified atom stereocenters. The quantitative estimate of drug-likeness (QED) is 0.0871. The summed E-state index contributed by atoms with van der Waals surface area (Å²) in [5.41, 5.74) is 4.43. The van der Waals surface area contributed by atoms with Gasteiger partial charge in [0, 0.05) is 24.2 Å². The Morgan fingerprint density at radius 2 is 1.26 bits per heavy atom. The lowest BCUT2D eigenvalue weighted by molar-refractivity contribution is -0.139. The topological polar surface area (TPSA) is 82.1 Å². The number of esters is 2. The average molecular weight is 639 g/mol. The summed E-state index contributed by atoms with van der Waals surface area (Å²) >= 11 is 0. The lowest BCUT2D eigenvalue weighted by Gasteiger charge is -2.38. The molecule has 3 rings (SSSR count). The third-order valence-electron chi connectivity index (χ3n) is 10.2. The lowest BCUT2D eigenvalue weighted by atomic mass is 9.67. The summed E-state index contributed by atoms with van der Waals surface area (Å²) in [7, 11) is 0. The number of rotatable bonds is 20. The predicted molar refractivity (Wildman–Crippen MR) is 186 cm³/mol. The monoisotopic (exact) mass is 638 g/mol. The van der Waals surface area contributed by atoms with Gasteiger partial charge in [-0.1, -0.05) is 70.7 Å². The Kier molecular flexibility index (Phi) is 16.9. The first kappa shape index (κ1) is 37.9. The summed E-state index contributed by atoms with van der Waals surface area (Å²) in [5, 5.41) is 9.42. The van der Waals surface area contributed by atoms with E-state index in [9.17, 15) is 14.7 Å². The summed E-state index contributed by atoms with van der Waals surface area (Å²) in [4.78, 5) is 23.9. The van der Waals surface area contributed by atoms with Crippen LogP contribution in [0.15, 0.2) is 36.4 Å². The van der Waals surface area contributed by atoms with Crippen LogP contribution in [0.25, 0.3) is 0 Å². The number of aryl methyl sites for hydroxylation is 2. The minimum absolute atomic E-state index is 0.0697. The van der Waals surface area contributed by atoms with Gasteiger partial charge in [0.2, 0.25) is 0 Å². The first-order valence-electron chi connectivity index (χ1n) is 18.3. The van der Waals surface area contributed by atoms with Gasteiger partial charge in [-0.3, -0.25) is 0 Å². The van der Waals surface area contributed by atoms with Gasteiger partial charge in [0.05, 0.1) is 19.8 Å². The molecule has 2 aliphatic carbocycles. The highest BCUT2D eigenvalue weighted by atomic mass is 16.5. The van der Waals surface area contributed by atoms with Crippen molar-refractivity contribution in [1.29, 1.82) is 0 Å². The van der Waals surface area contributed by atoms with E-state index in [1.807, 2.05) is 0 Å². The molecule has 0 spiro atoms. The maximum atomic E-state index is 11.9. The first-order valence-corrected chi connectivity index (χ1v) is 18.3. The molecule has 2 aliphatic rings. The van der Waals surface area contributed by atoms with E-state index in [2.05, 4.69) is 32.2 Å². The van der Waals surface area contributed by atoms with Crippen LogP contribution in [0.4, 0.5) is 0 Å². The molecule has 0 heterocycles. The molecular formula is C40H62O6. The van der Waals surface area contributed by atoms with Crippen molar-refractivity contribution in [3.8, 4) is 5.75 Å². The molecule has 0 aliphatic heterocycles. The molecule has 0 atom stereocenters. The molecule has 6 heteroatoms. The molecule has 6 nitrogen and oxygen atoms in total. The van der Waals surface area contributed by atoms with Gasteiger partial charge in [-0.25, -0.2) is 9.59 Å². The highest BCUT2D eigenvalue weighted by Gasteiger charge is 2.31. The molecule has 46 heavy (non-hydrogen) atoms. The number of aliphatic hydroxyl groups is 1. The van der Waals surface area contributed by atoms with Crippen molar-refractivity contribution in [2.75, 3.05) is 26.4 Å². The van der Waals surface area contributed by atoms with E-state index in [1.54, 1.807) is 13.8 Å². The van der Waals surface area contributed by atoms with Crippen LogP contribution in [0, 0.1) is 17.8 Å². The zero-order chi connectivity index (χ0) is 33.3. The van der Waals surface area contributed by atoms with Crippen LogP contribution in [-0.2, 0) is 31.9 Å². The van der Waals surface area contributed by atoms with E-state index in [4.69, 9.17) is 14.2 Å². The van der Waals surface area contributed by atoms with Gasteiger partial charge < -0.3 is 19.3 Å². The van der Waals surface area contributed by atoms with Crippen LogP contribution < -0.4 is 4.74 Å². The van der Waals surface area contributed by atoms with Crippen LogP contribution >= 0.6 is 0 Å². The van der Waals surface area contributed by atoms with E-state index in [0.717, 1.165) is 47.5 Å². The Morgan fingerprint density at radius 3 is 1.74 bits per heavy atom. The number of carbonyl (C=O) groups is 2. The van der Waals surface area contributed by atoms with Crippen molar-refractivity contribution in [3.63, 3.8) is 0 Å². The molecule has 0 bridgehead atoms. The fourth-order valence-electron chi connectivity index (χ4n) is 7.47. The molecule has 2 saturated carbocycles. The number of hydrogen-bond donors (Lipinski definition) is 1. The number of carbonyl (C=O) groups excluding carboxylic acids is 2. The van der Waals surface area contributed by atoms with Gasteiger partial charge in [-0.05, 0) is 118 Å². The maximum Gasteiger partial charge on any atom is 0.333 e. The zero-order valence-electron chi connectivity index (χ0n) is 29.2. The molecule has 0 aromatic heterocycles. The van der Waals surface area contributed by atoms with Crippen molar-refractivity contribution >= 4 is 11.9 Å². The molecule has 1 N–H and O–H groups in total. The second-order valence-corrected chi connectivity index (χ2v) is 14.0. The Bertz CT molecular complexity index is 1050. The smallest absolute Gasteiger partial charge is 0.333 e. The van der Waals surface area contributed by atoms with Gasteiger partial charge in [0.25, 0.3) is 0 Å². The number of ether oxygens (including phenoxy) is 3. The van der Waals surface area contributed by atoms with Gasteiger partial charge in [-0.15, -0.1) is 0 Å². The van der Waals surface area contributed by atoms with Gasteiger partial charge in [-0.2, -0.15) is 0 Å². The summed E-state index contributed by atoms with van der Waals surface area (Å²) < 4.78 is 17.1. The molecule has 1 aromatic rings. The SMILES string of the molecule is C=C(C)C(=O)OCCCc1cc(C2CCC(C3CCC(CCCCC)CC3)CC2)cc(CCCOC(=O)C(=C)C)c1OCCCO. The summed E-state index contributed by atoms with van der Waals surface area (Å²) in [5.74, 6) is 3.38. The summed E-state index contributed by atoms with van der Waals surface area (Å²) in [6.07, 6.45) is 19.7. The minimum Gasteiger partial charge on any atom is -0.493 e. The van der Waals surface area contributed by atoms with Gasteiger partial charge >= 0.3 is 11.9 Å². The molecule has 258 valence electrons. The molecule has 1 aromatic carbocycles. The van der Waals surface area contributed by atoms with Crippen molar-refractivity contribution in [1.82, 2.24) is 0 Å². The normalized spacial score (nSPS) is 21.4. The Balaban J connectivity index is 1.71. The fourth-order valence-corrected chi connectivity index (χ4v) is 7.47. The second kappa shape index (κ2) is 20.6. The first-order chi connectivity index (χ1) is 22.2. The van der Waals surface area contributed by atoms with Crippen LogP contribution in [-0.4, -0.2) is 43.5 Å². The standard InChI is InChI=1S/C40H62O6/c1-6-7-8-12-31-15-17-32(18-16-31)33-19-21-34(22-20-33)37-27-35(13-9-24-45-39(42)29(2)3)38(44-26-11-23-41)36(28-37)14-10-25-46-40(43)30(4)5/h27-28,31-34,41H,2,4,6-26H2,1,3,5H3. The van der Waals surface area contributed by atoms with Gasteiger partial charge in [0.1, 0.15) is 5.75 Å². The number of unbranched alkanes of at least 4 members (excludes halogenated alkanes) is 2. The van der Waals surface area contributed by atoms with Crippen LogP contribution in [0.3, 0.4) is 0 Å². The Labute approximate surface area is 279 Å². The van der Waals surface area contributed by atoms with Crippen molar-refractivity contribution in [3.05, 3.63) is 53.1 Å². The molecule has 2 fully saturated rings. The predicted octanol–water partition coefficient (Wildman–Crippen LogP) is 9.21. The second-order valence-electron chi connectivity index (χ2n) is 14.0. The van der Waals surface area contributed by atoms with Gasteiger partial charge in [0.15, 0.2) is 0 Å². The molecule has 0 amide bonds. The third-order valence-corrected chi connectivity index (χ3v) is 10.2. The van der Waals surface area contributed by atoms with Crippen molar-refractivity contribution in [2.24, 2.45) is 17.8 Å².